The second kappa shape index (κ2) is 6.25. The summed E-state index contributed by atoms with van der Waals surface area (Å²) in [7, 11) is 2.12. The molecule has 1 heterocycles. The Morgan fingerprint density at radius 2 is 1.94 bits per heavy atom. The maximum Gasteiger partial charge on any atom is 0.224 e. The molecule has 4 heteroatoms. The van der Waals surface area contributed by atoms with Gasteiger partial charge in [-0.1, -0.05) is 12.1 Å². The number of thiol groups is 1. The SMILES string of the molecule is CN1CCC(NC(=O)Cc2ccc(S)cc2)CC1. The van der Waals surface area contributed by atoms with E-state index in [1.165, 1.54) is 0 Å². The van der Waals surface area contributed by atoms with Gasteiger partial charge in [0.2, 0.25) is 5.91 Å². The molecule has 1 aliphatic heterocycles. The van der Waals surface area contributed by atoms with Crippen molar-refractivity contribution in [2.45, 2.75) is 30.2 Å². The molecule has 98 valence electrons. The average Bonchev–Trinajstić information content (AvgIpc) is 2.35. The number of carbonyl (C=O) groups is 1. The highest BCUT2D eigenvalue weighted by molar-refractivity contribution is 7.80. The van der Waals surface area contributed by atoms with Gasteiger partial charge >= 0.3 is 0 Å². The van der Waals surface area contributed by atoms with E-state index in [1.807, 2.05) is 24.3 Å². The molecule has 0 saturated carbocycles. The van der Waals surface area contributed by atoms with E-state index in [0.29, 0.717) is 12.5 Å². The molecule has 18 heavy (non-hydrogen) atoms. The second-order valence-corrected chi connectivity index (χ2v) is 5.50. The summed E-state index contributed by atoms with van der Waals surface area (Å²) in [5, 5.41) is 3.12. The maximum atomic E-state index is 11.9. The van der Waals surface area contributed by atoms with E-state index in [1.54, 1.807) is 0 Å². The van der Waals surface area contributed by atoms with Crippen LogP contribution >= 0.6 is 12.6 Å². The molecular formula is C14H20N2OS. The molecule has 2 rings (SSSR count). The molecule has 0 spiro atoms. The van der Waals surface area contributed by atoms with Gasteiger partial charge in [0.05, 0.1) is 6.42 Å². The quantitative estimate of drug-likeness (QED) is 0.815. The van der Waals surface area contributed by atoms with Crippen LogP contribution in [0.2, 0.25) is 0 Å². The third kappa shape index (κ3) is 4.03. The molecule has 1 aromatic rings. The smallest absolute Gasteiger partial charge is 0.224 e. The maximum absolute atomic E-state index is 11.9. The van der Waals surface area contributed by atoms with Crippen molar-refractivity contribution in [1.82, 2.24) is 10.2 Å². The molecule has 3 nitrogen and oxygen atoms in total. The number of hydrogen-bond acceptors (Lipinski definition) is 3. The van der Waals surface area contributed by atoms with Crippen LogP contribution in [0, 0.1) is 0 Å². The predicted molar refractivity (Wildman–Crippen MR) is 76.1 cm³/mol. The van der Waals surface area contributed by atoms with Crippen molar-refractivity contribution in [2.24, 2.45) is 0 Å². The van der Waals surface area contributed by atoms with Crippen LogP contribution in [0.1, 0.15) is 18.4 Å². The molecule has 0 aliphatic carbocycles. The molecule has 1 N–H and O–H groups in total. The summed E-state index contributed by atoms with van der Waals surface area (Å²) in [6.07, 6.45) is 2.57. The van der Waals surface area contributed by atoms with Gasteiger partial charge in [-0.3, -0.25) is 4.79 Å². The van der Waals surface area contributed by atoms with E-state index in [0.717, 1.165) is 36.4 Å². The standard InChI is InChI=1S/C14H20N2OS/c1-16-8-6-12(7-9-16)15-14(17)10-11-2-4-13(18)5-3-11/h2-5,12,18H,6-10H2,1H3,(H,15,17). The minimum Gasteiger partial charge on any atom is -0.353 e. The first-order chi connectivity index (χ1) is 8.63. The summed E-state index contributed by atoms with van der Waals surface area (Å²) in [4.78, 5) is 15.1. The normalized spacial score (nSPS) is 17.7. The number of likely N-dealkylation sites (tertiary alicyclic amines) is 1. The first-order valence-electron chi connectivity index (χ1n) is 6.39. The lowest BCUT2D eigenvalue weighted by Gasteiger charge is -2.29. The lowest BCUT2D eigenvalue weighted by Crippen LogP contribution is -2.43. The number of hydrogen-bond donors (Lipinski definition) is 2. The minimum atomic E-state index is 0.122. The molecule has 0 atom stereocenters. The van der Waals surface area contributed by atoms with Gasteiger partial charge in [-0.05, 0) is 50.7 Å². The summed E-state index contributed by atoms with van der Waals surface area (Å²) in [5.74, 6) is 0.122. The summed E-state index contributed by atoms with van der Waals surface area (Å²) in [6, 6.07) is 8.09. The largest absolute Gasteiger partial charge is 0.353 e. The van der Waals surface area contributed by atoms with E-state index in [-0.39, 0.29) is 5.91 Å². The number of nitrogens with zero attached hydrogens (tertiary/aromatic N) is 1. The average molecular weight is 264 g/mol. The summed E-state index contributed by atoms with van der Waals surface area (Å²) in [5.41, 5.74) is 1.04. The Hall–Kier alpha value is -1.00. The highest BCUT2D eigenvalue weighted by atomic mass is 32.1. The number of carbonyl (C=O) groups excluding carboxylic acids is 1. The van der Waals surface area contributed by atoms with Crippen molar-refractivity contribution >= 4 is 18.5 Å². The van der Waals surface area contributed by atoms with Crippen LogP contribution in [0.15, 0.2) is 29.2 Å². The van der Waals surface area contributed by atoms with Gasteiger partial charge in [-0.25, -0.2) is 0 Å². The Morgan fingerprint density at radius 1 is 1.33 bits per heavy atom. The molecule has 1 saturated heterocycles. The second-order valence-electron chi connectivity index (χ2n) is 4.99. The molecule has 1 amide bonds. The zero-order valence-electron chi connectivity index (χ0n) is 10.7. The Balaban J connectivity index is 1.80. The fourth-order valence-electron chi connectivity index (χ4n) is 2.23. The minimum absolute atomic E-state index is 0.122. The number of benzene rings is 1. The van der Waals surface area contributed by atoms with E-state index < -0.39 is 0 Å². The molecular weight excluding hydrogens is 244 g/mol. The Morgan fingerprint density at radius 3 is 2.56 bits per heavy atom. The molecule has 0 aromatic heterocycles. The molecule has 1 fully saturated rings. The van der Waals surface area contributed by atoms with Crippen LogP contribution < -0.4 is 5.32 Å². The van der Waals surface area contributed by atoms with E-state index in [9.17, 15) is 4.79 Å². The van der Waals surface area contributed by atoms with Gasteiger partial charge in [0.25, 0.3) is 0 Å². The summed E-state index contributed by atoms with van der Waals surface area (Å²) in [6.45, 7) is 2.14. The Kier molecular flexibility index (Phi) is 4.66. The Labute approximate surface area is 114 Å². The third-order valence-corrected chi connectivity index (χ3v) is 3.68. The van der Waals surface area contributed by atoms with Gasteiger partial charge in [0, 0.05) is 10.9 Å². The van der Waals surface area contributed by atoms with Crippen LogP contribution in [0.3, 0.4) is 0 Å². The van der Waals surface area contributed by atoms with Gasteiger partial charge in [0.15, 0.2) is 0 Å². The molecule has 1 aliphatic rings. The zero-order valence-corrected chi connectivity index (χ0v) is 11.6. The highest BCUT2D eigenvalue weighted by Gasteiger charge is 2.18. The van der Waals surface area contributed by atoms with Gasteiger partial charge in [0.1, 0.15) is 0 Å². The number of rotatable bonds is 3. The van der Waals surface area contributed by atoms with Crippen LogP contribution in [0.4, 0.5) is 0 Å². The van der Waals surface area contributed by atoms with Crippen LogP contribution in [0.5, 0.6) is 0 Å². The first kappa shape index (κ1) is 13.4. The van der Waals surface area contributed by atoms with Crippen LogP contribution in [-0.4, -0.2) is 37.0 Å². The van der Waals surface area contributed by atoms with E-state index in [2.05, 4.69) is 29.9 Å². The van der Waals surface area contributed by atoms with Crippen LogP contribution in [-0.2, 0) is 11.2 Å². The van der Waals surface area contributed by atoms with Gasteiger partial charge in [-0.15, -0.1) is 12.6 Å². The zero-order chi connectivity index (χ0) is 13.0. The van der Waals surface area contributed by atoms with E-state index in [4.69, 9.17) is 0 Å². The first-order valence-corrected chi connectivity index (χ1v) is 6.84. The molecule has 1 aromatic carbocycles. The van der Waals surface area contributed by atoms with Crippen molar-refractivity contribution in [1.29, 1.82) is 0 Å². The Bertz CT molecular complexity index is 397. The fraction of sp³-hybridized carbons (Fsp3) is 0.500. The lowest BCUT2D eigenvalue weighted by atomic mass is 10.0. The van der Waals surface area contributed by atoms with Gasteiger partial charge in [-0.2, -0.15) is 0 Å². The number of nitrogens with one attached hydrogen (secondary N) is 1. The highest BCUT2D eigenvalue weighted by Crippen LogP contribution is 2.10. The van der Waals surface area contributed by atoms with Crippen molar-refractivity contribution in [3.8, 4) is 0 Å². The summed E-state index contributed by atoms with van der Waals surface area (Å²) >= 11 is 4.23. The summed E-state index contributed by atoms with van der Waals surface area (Å²) < 4.78 is 0. The van der Waals surface area contributed by atoms with Crippen molar-refractivity contribution in [3.63, 3.8) is 0 Å². The van der Waals surface area contributed by atoms with Crippen LogP contribution in [0.25, 0.3) is 0 Å². The van der Waals surface area contributed by atoms with Gasteiger partial charge < -0.3 is 10.2 Å². The van der Waals surface area contributed by atoms with Crippen molar-refractivity contribution in [2.75, 3.05) is 20.1 Å². The molecule has 0 bridgehead atoms. The lowest BCUT2D eigenvalue weighted by molar-refractivity contribution is -0.121. The monoisotopic (exact) mass is 264 g/mol. The number of amides is 1. The molecule has 0 unspecified atom stereocenters. The fourth-order valence-corrected chi connectivity index (χ4v) is 2.38. The van der Waals surface area contributed by atoms with Crippen molar-refractivity contribution in [3.05, 3.63) is 29.8 Å². The number of piperidine rings is 1. The predicted octanol–water partition coefficient (Wildman–Crippen LogP) is 1.73. The topological polar surface area (TPSA) is 32.3 Å². The van der Waals surface area contributed by atoms with E-state index >= 15 is 0 Å². The molecule has 0 radical (unpaired) electrons. The third-order valence-electron chi connectivity index (χ3n) is 3.38. The van der Waals surface area contributed by atoms with Crippen molar-refractivity contribution < 1.29 is 4.79 Å².